The monoisotopic (exact) mass is 361 g/mol. The number of benzene rings is 1. The summed E-state index contributed by atoms with van der Waals surface area (Å²) in [5.74, 6) is 0. The van der Waals surface area contributed by atoms with Crippen molar-refractivity contribution >= 4 is 53.6 Å². The first-order valence-corrected chi connectivity index (χ1v) is 13.7. The molecule has 0 unspecified atom stereocenters. The van der Waals surface area contributed by atoms with Gasteiger partial charge in [-0.2, -0.15) is 0 Å². The van der Waals surface area contributed by atoms with Crippen LogP contribution in [0.15, 0.2) is 23.1 Å². The molecule has 0 amide bonds. The van der Waals surface area contributed by atoms with Crippen molar-refractivity contribution in [2.24, 2.45) is 0 Å². The van der Waals surface area contributed by atoms with Crippen LogP contribution in [0.3, 0.4) is 0 Å². The molecule has 1 aromatic rings. The van der Waals surface area contributed by atoms with Gasteiger partial charge in [0.1, 0.15) is 0 Å². The fourth-order valence-corrected chi connectivity index (χ4v) is 1.38. The van der Waals surface area contributed by atoms with Gasteiger partial charge < -0.3 is 0 Å². The van der Waals surface area contributed by atoms with Crippen molar-refractivity contribution in [1.29, 1.82) is 0 Å². The van der Waals surface area contributed by atoms with E-state index in [0.29, 0.717) is 0 Å². The van der Waals surface area contributed by atoms with Gasteiger partial charge in [0.2, 0.25) is 0 Å². The number of rotatable bonds is 1. The van der Waals surface area contributed by atoms with Crippen molar-refractivity contribution < 1.29 is 0 Å². The predicted molar refractivity (Wildman–Crippen MR) is 79.4 cm³/mol. The van der Waals surface area contributed by atoms with Crippen molar-refractivity contribution in [3.05, 3.63) is 29.8 Å². The molecule has 0 aliphatic rings. The molecule has 0 atom stereocenters. The Morgan fingerprint density at radius 1 is 1.27 bits per heavy atom. The van der Waals surface area contributed by atoms with Crippen LogP contribution >= 0.6 is 37.5 Å². The van der Waals surface area contributed by atoms with Crippen LogP contribution in [0.2, 0.25) is 0 Å². The Bertz CT molecular complexity index is 267. The normalized spacial score (nSPS) is 10.0. The molecular formula is C11H15Br2MgS. The van der Waals surface area contributed by atoms with E-state index in [9.17, 15) is 0 Å². The third-order valence-corrected chi connectivity index (χ3v) is 2.56. The van der Waals surface area contributed by atoms with E-state index >= 15 is 0 Å². The maximum Gasteiger partial charge on any atom is 0.560 e. The summed E-state index contributed by atoms with van der Waals surface area (Å²) in [6.07, 6.45) is 2.07. The summed E-state index contributed by atoms with van der Waals surface area (Å²) in [6, 6.07) is 9.66. The molecule has 0 aromatic heterocycles. The molecule has 0 saturated carbocycles. The average Bonchev–Trinajstić information content (AvgIpc) is 2.18. The molecule has 81 valence electrons. The minimum absolute atomic E-state index is 0.0417. The van der Waals surface area contributed by atoms with Crippen molar-refractivity contribution in [2.75, 3.05) is 6.26 Å². The highest BCUT2D eigenvalue weighted by Gasteiger charge is 2.12. The van der Waals surface area contributed by atoms with Crippen molar-refractivity contribution in [3.8, 4) is 0 Å². The lowest BCUT2D eigenvalue weighted by Crippen LogP contribution is -2.10. The van der Waals surface area contributed by atoms with E-state index in [0.717, 1.165) is 0 Å². The van der Waals surface area contributed by atoms with Crippen LogP contribution in [-0.2, 0) is 5.41 Å². The molecule has 0 fully saturated rings. The highest BCUT2D eigenvalue weighted by atomic mass is 79.9. The second-order valence-corrected chi connectivity index (χ2v) is 12.9. The van der Waals surface area contributed by atoms with E-state index in [1.807, 2.05) is 0 Å². The first kappa shape index (κ1) is 16.3. The quantitative estimate of drug-likeness (QED) is 0.509. The predicted octanol–water partition coefficient (Wildman–Crippen LogP) is 4.82. The summed E-state index contributed by atoms with van der Waals surface area (Å²) in [5.41, 5.74) is 1.59. The molecule has 1 aromatic carbocycles. The number of hydrogen-bond donors (Lipinski definition) is 0. The largest absolute Gasteiger partial charge is 0.560 e. The molecule has 1 radical (unpaired) electrons. The molecule has 0 bridgehead atoms. The Morgan fingerprint density at radius 2 is 1.80 bits per heavy atom. The maximum absolute atomic E-state index is 3.26. The molecule has 0 nitrogen and oxygen atoms in total. The van der Waals surface area contributed by atoms with Gasteiger partial charge in [0.15, 0.2) is 0 Å². The molecule has 15 heavy (non-hydrogen) atoms. The zero-order valence-corrected chi connectivity index (χ0v) is 15.0. The molecular weight excluding hydrogens is 348 g/mol. The lowest BCUT2D eigenvalue weighted by atomic mass is 9.87. The Kier molecular flexibility index (Phi) is 9.12. The third kappa shape index (κ3) is 7.26. The lowest BCUT2D eigenvalue weighted by molar-refractivity contribution is 0.589. The summed E-state index contributed by atoms with van der Waals surface area (Å²) >= 11 is 8.18. The van der Waals surface area contributed by atoms with Gasteiger partial charge in [0.05, 0.1) is 0 Å². The van der Waals surface area contributed by atoms with Crippen LogP contribution in [0.4, 0.5) is 0 Å². The summed E-state index contributed by atoms with van der Waals surface area (Å²) in [6.45, 7) is 6.65. The molecule has 1 rings (SSSR count). The minimum atomic E-state index is 0.0417. The van der Waals surface area contributed by atoms with Crippen LogP contribution in [0, 0.1) is 6.07 Å². The molecule has 0 spiro atoms. The maximum atomic E-state index is 3.26. The van der Waals surface area contributed by atoms with Crippen molar-refractivity contribution in [1.82, 2.24) is 0 Å². The smallest absolute Gasteiger partial charge is 0.280 e. The van der Waals surface area contributed by atoms with Crippen molar-refractivity contribution in [3.63, 3.8) is 0 Å². The SMILES string of the molecule is CSc1[c]cc(C(C)(C)C)cc1.[Br][Mg][Br]. The third-order valence-electron chi connectivity index (χ3n) is 1.87. The van der Waals surface area contributed by atoms with E-state index in [4.69, 9.17) is 0 Å². The van der Waals surface area contributed by atoms with Gasteiger partial charge in [-0.1, -0.05) is 26.8 Å². The zero-order valence-electron chi connectivity index (χ0n) is 9.60. The number of hydrogen-bond acceptors (Lipinski definition) is 1. The number of halogens is 2. The summed E-state index contributed by atoms with van der Waals surface area (Å²) < 4.78 is 0. The van der Waals surface area contributed by atoms with Gasteiger partial charge in [-0.05, 0) is 35.4 Å². The fraction of sp³-hybridized carbons (Fsp3) is 0.455. The highest BCUT2D eigenvalue weighted by molar-refractivity contribution is 9.47. The van der Waals surface area contributed by atoms with Crippen LogP contribution in [0.1, 0.15) is 26.3 Å². The lowest BCUT2D eigenvalue weighted by Gasteiger charge is -2.18. The molecule has 4 heteroatoms. The molecule has 0 heterocycles. The Labute approximate surface area is 119 Å². The van der Waals surface area contributed by atoms with Gasteiger partial charge in [-0.25, -0.2) is 0 Å². The van der Waals surface area contributed by atoms with E-state index < -0.39 is 0 Å². The van der Waals surface area contributed by atoms with Crippen LogP contribution in [0.5, 0.6) is 0 Å². The van der Waals surface area contributed by atoms with E-state index in [-0.39, 0.29) is 21.4 Å². The summed E-state index contributed by atoms with van der Waals surface area (Å²) in [5, 5.41) is 0. The standard InChI is InChI=1S/C11H15S.2BrH.Mg/c1-11(2,3)9-5-7-10(12-4)8-6-9;;;/h5-7H,1-4H3;2*1H;/q;;;+2/p-2. The number of thioether (sulfide) groups is 1. The second kappa shape index (κ2) is 8.40. The van der Waals surface area contributed by atoms with Gasteiger partial charge in [0, 0.05) is 4.90 Å². The zero-order chi connectivity index (χ0) is 11.9. The van der Waals surface area contributed by atoms with E-state index in [1.54, 1.807) is 11.8 Å². The Hall–Kier alpha value is 1.30. The summed E-state index contributed by atoms with van der Waals surface area (Å²) in [7, 11) is 0. The van der Waals surface area contributed by atoms with E-state index in [2.05, 4.69) is 77.1 Å². The van der Waals surface area contributed by atoms with E-state index in [1.165, 1.54) is 10.5 Å². The first-order valence-electron chi connectivity index (χ1n) is 4.63. The van der Waals surface area contributed by atoms with Gasteiger partial charge >= 0.3 is 16.0 Å². The molecule has 0 aliphatic heterocycles. The Morgan fingerprint density at radius 3 is 2.07 bits per heavy atom. The fourth-order valence-electron chi connectivity index (χ4n) is 1.00. The average molecular weight is 363 g/mol. The van der Waals surface area contributed by atoms with Crippen LogP contribution in [-0.4, -0.2) is 22.3 Å². The molecule has 0 saturated heterocycles. The Balaban J connectivity index is 0.000000583. The molecule has 0 aliphatic carbocycles. The minimum Gasteiger partial charge on any atom is -0.280 e. The highest BCUT2D eigenvalue weighted by Crippen LogP contribution is 2.23. The molecule has 0 N–H and O–H groups in total. The summed E-state index contributed by atoms with van der Waals surface area (Å²) in [4.78, 5) is 1.21. The van der Waals surface area contributed by atoms with Gasteiger partial charge in [0.25, 0.3) is 0 Å². The first-order chi connectivity index (χ1) is 6.95. The van der Waals surface area contributed by atoms with Gasteiger partial charge in [-0.15, -0.1) is 11.8 Å². The van der Waals surface area contributed by atoms with Crippen LogP contribution in [0.25, 0.3) is 0 Å². The second-order valence-electron chi connectivity index (χ2n) is 4.00. The van der Waals surface area contributed by atoms with Crippen molar-refractivity contribution in [2.45, 2.75) is 31.1 Å². The van der Waals surface area contributed by atoms with Gasteiger partial charge in [-0.3, -0.25) is 25.8 Å². The van der Waals surface area contributed by atoms with Crippen LogP contribution < -0.4 is 0 Å². The topological polar surface area (TPSA) is 0 Å².